The molecule has 0 atom stereocenters. The maximum Gasteiger partial charge on any atom is 0.255 e. The van der Waals surface area contributed by atoms with Crippen molar-refractivity contribution >= 4 is 40.4 Å². The van der Waals surface area contributed by atoms with Crippen molar-refractivity contribution < 1.29 is 7.86 Å². The van der Waals surface area contributed by atoms with Crippen LogP contribution in [0, 0.1) is 11.3 Å². The van der Waals surface area contributed by atoms with E-state index >= 15 is 0 Å². The van der Waals surface area contributed by atoms with Crippen LogP contribution in [0.25, 0.3) is 0 Å². The summed E-state index contributed by atoms with van der Waals surface area (Å²) >= 11 is 1.67. The zero-order chi connectivity index (χ0) is 14.5. The molecule has 3 N–H and O–H groups in total. The van der Waals surface area contributed by atoms with Gasteiger partial charge in [-0.15, -0.1) is 0 Å². The number of nitrogens with zero attached hydrogens (tertiary/aromatic N) is 3. The third-order valence-corrected chi connectivity index (χ3v) is 2.91. The van der Waals surface area contributed by atoms with Crippen LogP contribution in [0.1, 0.15) is 15.9 Å². The summed E-state index contributed by atoms with van der Waals surface area (Å²) in [5.74, 6) is 0.149. The molecule has 0 aliphatic carbocycles. The molecule has 7 nitrogen and oxygen atoms in total. The number of nitrogen functional groups attached to an aromatic ring is 1. The Bertz CT molecular complexity index is 698. The summed E-state index contributed by atoms with van der Waals surface area (Å²) in [5, 5.41) is 11.6. The first-order chi connectivity index (χ1) is 9.65. The molecule has 0 spiro atoms. The van der Waals surface area contributed by atoms with Crippen LogP contribution < -0.4 is 14.1 Å². The van der Waals surface area contributed by atoms with Crippen LogP contribution in [-0.2, 0) is 0 Å². The van der Waals surface area contributed by atoms with E-state index in [0.29, 0.717) is 17.0 Å². The van der Waals surface area contributed by atoms with Crippen molar-refractivity contribution in [2.75, 3.05) is 11.1 Å². The summed E-state index contributed by atoms with van der Waals surface area (Å²) in [7, 11) is 0. The van der Waals surface area contributed by atoms with Crippen molar-refractivity contribution in [2.45, 2.75) is 0 Å². The average Bonchev–Trinajstić information content (AvgIpc) is 2.48. The first-order valence-corrected chi connectivity index (χ1v) is 6.23. The summed E-state index contributed by atoms with van der Waals surface area (Å²) < 4.78 is 4.98. The first kappa shape index (κ1) is 14.0. The Morgan fingerprint density at radius 2 is 2.30 bits per heavy atom. The summed E-state index contributed by atoms with van der Waals surface area (Å²) in [6.07, 6.45) is 2.68. The van der Waals surface area contributed by atoms with Crippen LogP contribution in [0.4, 0.5) is 11.5 Å². The highest BCUT2D eigenvalue weighted by atomic mass is 127. The van der Waals surface area contributed by atoms with Gasteiger partial charge in [-0.1, -0.05) is 0 Å². The van der Waals surface area contributed by atoms with E-state index in [4.69, 9.17) is 14.1 Å². The van der Waals surface area contributed by atoms with Gasteiger partial charge < -0.3 is 14.1 Å². The third kappa shape index (κ3) is 2.94. The number of aromatic nitrogens is 2. The zero-order valence-corrected chi connectivity index (χ0v) is 12.2. The Kier molecular flexibility index (Phi) is 4.31. The normalized spacial score (nSPS) is 9.60. The minimum absolute atomic E-state index is 0.168. The summed E-state index contributed by atoms with van der Waals surface area (Å²) in [4.78, 5) is 19.6. The van der Waals surface area contributed by atoms with Gasteiger partial charge in [-0.05, 0) is 18.2 Å². The lowest BCUT2D eigenvalue weighted by molar-refractivity contribution is 0.102. The number of hydrogen-bond acceptors (Lipinski definition) is 6. The van der Waals surface area contributed by atoms with Crippen LogP contribution in [0.3, 0.4) is 0 Å². The van der Waals surface area contributed by atoms with Crippen molar-refractivity contribution in [1.82, 2.24) is 9.97 Å². The van der Waals surface area contributed by atoms with E-state index in [-0.39, 0.29) is 11.4 Å². The van der Waals surface area contributed by atoms with Gasteiger partial charge in [0.1, 0.15) is 18.1 Å². The fourth-order valence-electron chi connectivity index (χ4n) is 1.46. The van der Waals surface area contributed by atoms with E-state index in [2.05, 4.69) is 15.3 Å². The minimum Gasteiger partial charge on any atom is -0.426 e. The molecule has 100 valence electrons. The van der Waals surface area contributed by atoms with Crippen molar-refractivity contribution in [3.63, 3.8) is 0 Å². The number of nitrogens with two attached hydrogens (primary N) is 1. The molecule has 1 heterocycles. The van der Waals surface area contributed by atoms with E-state index in [1.807, 2.05) is 6.07 Å². The molecular formula is C12H8IN5O2. The molecule has 0 aliphatic heterocycles. The van der Waals surface area contributed by atoms with Crippen LogP contribution in [-0.4, -0.2) is 15.9 Å². The maximum atomic E-state index is 12.1. The largest absolute Gasteiger partial charge is 0.426 e. The van der Waals surface area contributed by atoms with Gasteiger partial charge in [0.25, 0.3) is 5.91 Å². The summed E-state index contributed by atoms with van der Waals surface area (Å²) in [6, 6.07) is 6.48. The number of anilines is 2. The van der Waals surface area contributed by atoms with E-state index < -0.39 is 5.91 Å². The number of carbonyl (C=O) groups excluding carboxylic acids is 1. The van der Waals surface area contributed by atoms with E-state index in [0.717, 1.165) is 0 Å². The lowest BCUT2D eigenvalue weighted by Crippen LogP contribution is -2.14. The van der Waals surface area contributed by atoms with E-state index in [1.54, 1.807) is 35.1 Å². The predicted molar refractivity (Wildman–Crippen MR) is 80.2 cm³/mol. The predicted octanol–water partition coefficient (Wildman–Crippen LogP) is 1.91. The van der Waals surface area contributed by atoms with Crippen LogP contribution in [0.5, 0.6) is 5.75 Å². The third-order valence-electron chi connectivity index (χ3n) is 2.44. The fourth-order valence-corrected chi connectivity index (χ4v) is 1.84. The van der Waals surface area contributed by atoms with Crippen LogP contribution in [0.15, 0.2) is 30.7 Å². The minimum atomic E-state index is -0.414. The number of nitriles is 1. The molecule has 0 saturated carbocycles. The first-order valence-electron chi connectivity index (χ1n) is 5.35. The quantitative estimate of drug-likeness (QED) is 0.786. The molecule has 2 rings (SSSR count). The van der Waals surface area contributed by atoms with Crippen molar-refractivity contribution in [3.8, 4) is 11.8 Å². The van der Waals surface area contributed by atoms with Gasteiger partial charge in [-0.2, -0.15) is 5.26 Å². The second-order valence-electron chi connectivity index (χ2n) is 3.68. The molecule has 0 radical (unpaired) electrons. The molecule has 0 saturated heterocycles. The molecule has 0 fully saturated rings. The number of nitrogens with one attached hydrogen (secondary N) is 1. The smallest absolute Gasteiger partial charge is 0.255 e. The number of halogens is 1. The van der Waals surface area contributed by atoms with Gasteiger partial charge in [-0.25, -0.2) is 9.97 Å². The SMILES string of the molecule is N#Cc1cc(C(=O)Nc2cncnc2N)ccc1OI. The molecule has 1 aromatic heterocycles. The summed E-state index contributed by atoms with van der Waals surface area (Å²) in [5.41, 5.74) is 6.50. The highest BCUT2D eigenvalue weighted by Gasteiger charge is 2.12. The van der Waals surface area contributed by atoms with E-state index in [9.17, 15) is 4.79 Å². The van der Waals surface area contributed by atoms with E-state index in [1.165, 1.54) is 18.6 Å². The second-order valence-corrected chi connectivity index (χ2v) is 4.12. The number of hydrogen-bond donors (Lipinski definition) is 2. The standard InChI is InChI=1S/C12H8IN5O2/c13-20-10-2-1-7(3-8(10)4-14)12(19)18-9-5-16-6-17-11(9)15/h1-3,5-6H,(H,18,19)(H2,15,16,17). The Morgan fingerprint density at radius 1 is 1.50 bits per heavy atom. The van der Waals surface area contributed by atoms with Crippen LogP contribution >= 0.6 is 23.0 Å². The maximum absolute atomic E-state index is 12.1. The Labute approximate surface area is 128 Å². The van der Waals surface area contributed by atoms with Gasteiger partial charge in [0.15, 0.2) is 34.6 Å². The van der Waals surface area contributed by atoms with Crippen LogP contribution in [0.2, 0.25) is 0 Å². The topological polar surface area (TPSA) is 114 Å². The Balaban J connectivity index is 2.27. The molecule has 8 heteroatoms. The fraction of sp³-hybridized carbons (Fsp3) is 0. The molecule has 1 aromatic carbocycles. The van der Waals surface area contributed by atoms with Gasteiger partial charge >= 0.3 is 0 Å². The highest BCUT2D eigenvalue weighted by molar-refractivity contribution is 14.1. The molecule has 2 aromatic rings. The lowest BCUT2D eigenvalue weighted by atomic mass is 10.1. The number of rotatable bonds is 3. The van der Waals surface area contributed by atoms with Crippen molar-refractivity contribution in [1.29, 1.82) is 5.26 Å². The average molecular weight is 381 g/mol. The lowest BCUT2D eigenvalue weighted by Gasteiger charge is -2.07. The van der Waals surface area contributed by atoms with Gasteiger partial charge in [0, 0.05) is 5.56 Å². The van der Waals surface area contributed by atoms with Gasteiger partial charge in [0.05, 0.1) is 11.8 Å². The monoisotopic (exact) mass is 381 g/mol. The molecule has 1 amide bonds. The molecule has 0 aliphatic rings. The molecular weight excluding hydrogens is 373 g/mol. The number of benzene rings is 1. The molecule has 0 unspecified atom stereocenters. The van der Waals surface area contributed by atoms with Gasteiger partial charge in [0.2, 0.25) is 0 Å². The van der Waals surface area contributed by atoms with Crippen molar-refractivity contribution in [2.24, 2.45) is 0 Å². The van der Waals surface area contributed by atoms with Gasteiger partial charge in [-0.3, -0.25) is 4.79 Å². The van der Waals surface area contributed by atoms with Crippen molar-refractivity contribution in [3.05, 3.63) is 41.9 Å². The number of carbonyl (C=O) groups is 1. The number of amides is 1. The summed E-state index contributed by atoms with van der Waals surface area (Å²) in [6.45, 7) is 0. The zero-order valence-electron chi connectivity index (χ0n) is 10.0. The Morgan fingerprint density at radius 3 is 2.95 bits per heavy atom. The molecule has 20 heavy (non-hydrogen) atoms. The molecule has 0 bridgehead atoms. The highest BCUT2D eigenvalue weighted by Crippen LogP contribution is 2.22. The second kappa shape index (κ2) is 6.16. The Hall–Kier alpha value is -2.41.